The Morgan fingerprint density at radius 2 is 2.10 bits per heavy atom. The van der Waals surface area contributed by atoms with Gasteiger partial charge in [-0.25, -0.2) is 0 Å². The summed E-state index contributed by atoms with van der Waals surface area (Å²) >= 11 is 2.73. The van der Waals surface area contributed by atoms with Crippen LogP contribution in [0.5, 0.6) is 0 Å². The molecule has 0 aromatic rings. The van der Waals surface area contributed by atoms with E-state index in [4.69, 9.17) is 4.74 Å². The molecule has 0 saturated carbocycles. The van der Waals surface area contributed by atoms with E-state index in [1.807, 2.05) is 6.92 Å². The van der Waals surface area contributed by atoms with Crippen LogP contribution in [0.3, 0.4) is 0 Å². The summed E-state index contributed by atoms with van der Waals surface area (Å²) < 4.78 is 5.35. The van der Waals surface area contributed by atoms with E-state index < -0.39 is 0 Å². The van der Waals surface area contributed by atoms with Gasteiger partial charge in [-0.05, 0) is 18.3 Å². The first-order chi connectivity index (χ1) is 4.81. The molecular formula is C8H19AlO. The number of ether oxygens (including phenoxy) is 1. The van der Waals surface area contributed by atoms with Crippen LogP contribution in [-0.4, -0.2) is 27.9 Å². The van der Waals surface area contributed by atoms with Crippen LogP contribution in [-0.2, 0) is 4.74 Å². The summed E-state index contributed by atoms with van der Waals surface area (Å²) in [4.78, 5) is 0.386. The number of rotatable bonds is 6. The summed E-state index contributed by atoms with van der Waals surface area (Å²) in [5.74, 6) is 0. The second-order valence-corrected chi connectivity index (χ2v) is 3.23. The number of hydrogen-bond donors (Lipinski definition) is 0. The molecule has 0 aliphatic heterocycles. The lowest BCUT2D eigenvalue weighted by molar-refractivity contribution is 0.111. The average molecular weight is 158 g/mol. The van der Waals surface area contributed by atoms with E-state index in [-0.39, 0.29) is 1.43 Å². The second kappa shape index (κ2) is 7.60. The van der Waals surface area contributed by atoms with Crippen LogP contribution < -0.4 is 0 Å². The van der Waals surface area contributed by atoms with E-state index in [1.165, 1.54) is 25.7 Å². The molecule has 2 heteroatoms. The third-order valence-electron chi connectivity index (χ3n) is 1.47. The lowest BCUT2D eigenvalue weighted by Gasteiger charge is -2.11. The summed E-state index contributed by atoms with van der Waals surface area (Å²) in [6, 6.07) is 0. The molecule has 0 amide bonds. The number of hydrogen-bond acceptors (Lipinski definition) is 1. The van der Waals surface area contributed by atoms with Crippen LogP contribution in [0.15, 0.2) is 0 Å². The van der Waals surface area contributed by atoms with Gasteiger partial charge in [0.05, 0.1) is 0 Å². The normalized spacial score (nSPS) is 13.4. The molecule has 0 aliphatic rings. The fourth-order valence-electron chi connectivity index (χ4n) is 0.893. The summed E-state index contributed by atoms with van der Waals surface area (Å²) in [5.41, 5.74) is 0. The molecule has 2 radical (unpaired) electrons. The first kappa shape index (κ1) is 10.5. The Bertz CT molecular complexity index is 71.1. The van der Waals surface area contributed by atoms with Crippen molar-refractivity contribution in [2.24, 2.45) is 0 Å². The Hall–Kier alpha value is 0.492. The zero-order valence-corrected chi connectivity index (χ0v) is 8.25. The molecular weight excluding hydrogens is 139 g/mol. The van der Waals surface area contributed by atoms with Crippen molar-refractivity contribution >= 4 is 16.3 Å². The van der Waals surface area contributed by atoms with Crippen LogP contribution in [0, 0.1) is 0 Å². The first-order valence-corrected chi connectivity index (χ1v) is 4.85. The molecule has 10 heavy (non-hydrogen) atoms. The van der Waals surface area contributed by atoms with Gasteiger partial charge >= 0.3 is 0 Å². The summed E-state index contributed by atoms with van der Waals surface area (Å²) in [6.45, 7) is 5.09. The smallest absolute Gasteiger partial charge is 0.171 e. The topological polar surface area (TPSA) is 9.23 Å². The van der Waals surface area contributed by atoms with Crippen molar-refractivity contribution in [1.82, 2.24) is 0 Å². The van der Waals surface area contributed by atoms with Crippen molar-refractivity contribution in [3.63, 3.8) is 0 Å². The van der Waals surface area contributed by atoms with Gasteiger partial charge in [-0.2, -0.15) is 0 Å². The molecule has 0 bridgehead atoms. The molecule has 0 aromatic heterocycles. The van der Waals surface area contributed by atoms with E-state index in [0.717, 1.165) is 6.61 Å². The third-order valence-corrected chi connectivity index (χ3v) is 2.00. The van der Waals surface area contributed by atoms with E-state index in [0.29, 0.717) is 4.97 Å². The first-order valence-electron chi connectivity index (χ1n) is 4.18. The maximum absolute atomic E-state index is 5.35. The van der Waals surface area contributed by atoms with Gasteiger partial charge in [0, 0.05) is 8.03 Å². The van der Waals surface area contributed by atoms with Crippen LogP contribution >= 0.6 is 0 Å². The van der Waals surface area contributed by atoms with Gasteiger partial charge in [-0.1, -0.05) is 26.2 Å². The fourth-order valence-corrected chi connectivity index (χ4v) is 1.32. The molecule has 0 fully saturated rings. The quantitative estimate of drug-likeness (QED) is 0.426. The van der Waals surface area contributed by atoms with Crippen molar-refractivity contribution < 1.29 is 6.16 Å². The minimum atomic E-state index is 0. The van der Waals surface area contributed by atoms with Gasteiger partial charge in [-0.3, -0.25) is 0 Å². The Morgan fingerprint density at radius 1 is 1.40 bits per heavy atom. The van der Waals surface area contributed by atoms with Crippen LogP contribution in [0.4, 0.5) is 0 Å². The zero-order valence-electron chi connectivity index (χ0n) is 7.10. The molecule has 0 N–H and O–H groups in total. The monoisotopic (exact) mass is 158 g/mol. The van der Waals surface area contributed by atoms with Crippen molar-refractivity contribution in [2.75, 3.05) is 6.61 Å². The molecule has 0 spiro atoms. The number of unbranched alkanes of at least 4 members (excludes halogenated alkanes) is 2. The predicted octanol–water partition coefficient (Wildman–Crippen LogP) is 2.34. The largest absolute Gasteiger partial charge is 0.396 e. The molecule has 0 heterocycles. The van der Waals surface area contributed by atoms with E-state index >= 15 is 0 Å². The molecule has 0 saturated heterocycles. The van der Waals surface area contributed by atoms with Crippen LogP contribution in [0.2, 0.25) is 0 Å². The highest BCUT2D eigenvalue weighted by molar-refractivity contribution is 6.10. The maximum atomic E-state index is 5.35. The lowest BCUT2D eigenvalue weighted by Crippen LogP contribution is -2.11. The van der Waals surface area contributed by atoms with Gasteiger partial charge in [0.15, 0.2) is 16.3 Å². The Morgan fingerprint density at radius 3 is 2.60 bits per heavy atom. The van der Waals surface area contributed by atoms with Crippen molar-refractivity contribution in [3.05, 3.63) is 0 Å². The van der Waals surface area contributed by atoms with E-state index in [9.17, 15) is 0 Å². The van der Waals surface area contributed by atoms with Gasteiger partial charge in [0.25, 0.3) is 0 Å². The summed E-state index contributed by atoms with van der Waals surface area (Å²) in [5, 5.41) is 0. The molecule has 60 valence electrons. The van der Waals surface area contributed by atoms with Crippen molar-refractivity contribution in [1.29, 1.82) is 0 Å². The van der Waals surface area contributed by atoms with Gasteiger partial charge < -0.3 is 4.74 Å². The molecule has 0 rings (SSSR count). The van der Waals surface area contributed by atoms with Crippen LogP contribution in [0.25, 0.3) is 0 Å². The third kappa shape index (κ3) is 6.61. The molecule has 0 aliphatic carbocycles. The second-order valence-electron chi connectivity index (χ2n) is 2.49. The summed E-state index contributed by atoms with van der Waals surface area (Å²) in [6.07, 6.45) is 5.11. The lowest BCUT2D eigenvalue weighted by atomic mass is 10.2. The molecule has 0 aromatic carbocycles. The highest BCUT2D eigenvalue weighted by Gasteiger charge is 1.97. The fraction of sp³-hybridized carbons (Fsp3) is 1.00. The van der Waals surface area contributed by atoms with Crippen LogP contribution in [0.1, 0.15) is 41.0 Å². The van der Waals surface area contributed by atoms with E-state index in [2.05, 4.69) is 23.2 Å². The molecule has 1 atom stereocenters. The minimum Gasteiger partial charge on any atom is -0.396 e. The predicted molar refractivity (Wildman–Crippen MR) is 47.4 cm³/mol. The Kier molecular flexibility index (Phi) is 7.97. The van der Waals surface area contributed by atoms with E-state index in [1.54, 1.807) is 0 Å². The Labute approximate surface area is 74.1 Å². The Balaban J connectivity index is 0. The van der Waals surface area contributed by atoms with Gasteiger partial charge in [-0.15, -0.1) is 0 Å². The zero-order chi connectivity index (χ0) is 7.82. The highest BCUT2D eigenvalue weighted by atomic mass is 27.0. The standard InChI is InChI=1S/C8H17O.Al.H2/c1-3-5-6-7-8-9-4-2;;/h8H,3-7H2,1-2H3;;1H. The molecule has 1 nitrogen and oxygen atoms in total. The SMILES string of the molecule is CCCCC[CH]([Al])OCC.[HH]. The van der Waals surface area contributed by atoms with Gasteiger partial charge in [0.1, 0.15) is 0 Å². The average Bonchev–Trinajstić information content (AvgIpc) is 1.89. The minimum absolute atomic E-state index is 0. The maximum Gasteiger partial charge on any atom is 0.171 e. The summed E-state index contributed by atoms with van der Waals surface area (Å²) in [7, 11) is 0. The van der Waals surface area contributed by atoms with Crippen molar-refractivity contribution in [3.8, 4) is 0 Å². The van der Waals surface area contributed by atoms with Crippen molar-refractivity contribution in [2.45, 2.75) is 44.5 Å². The highest BCUT2D eigenvalue weighted by Crippen LogP contribution is 2.03. The van der Waals surface area contributed by atoms with Gasteiger partial charge in [0.2, 0.25) is 0 Å². The molecule has 1 unspecified atom stereocenters.